The molecule has 0 saturated carbocycles. The first-order valence-corrected chi connectivity index (χ1v) is 15.3. The number of nitrogens with zero attached hydrogens (tertiary/aromatic N) is 1. The molecule has 17 nitrogen and oxygen atoms in total. The molecule has 0 bridgehead atoms. The number of hydroxylamine groups is 1. The smallest absolute Gasteiger partial charge is 0.317 e. The van der Waals surface area contributed by atoms with E-state index in [0.29, 0.717) is 35.3 Å². The van der Waals surface area contributed by atoms with E-state index in [0.717, 1.165) is 23.3 Å². The van der Waals surface area contributed by atoms with E-state index in [1.807, 2.05) is 6.07 Å². The van der Waals surface area contributed by atoms with Gasteiger partial charge in [-0.15, -0.1) is 0 Å². The third-order valence-electron chi connectivity index (χ3n) is 8.20. The van der Waals surface area contributed by atoms with Crippen molar-refractivity contribution in [3.8, 4) is 28.7 Å². The van der Waals surface area contributed by atoms with Crippen LogP contribution in [-0.4, -0.2) is 91.0 Å². The minimum absolute atomic E-state index is 0.135. The number of benzene rings is 2. The zero-order valence-corrected chi connectivity index (χ0v) is 26.3. The maximum atomic E-state index is 11.7. The maximum Gasteiger partial charge on any atom is 0.317 e. The van der Waals surface area contributed by atoms with Crippen LogP contribution in [0.3, 0.4) is 0 Å². The Morgan fingerprint density at radius 1 is 1.08 bits per heavy atom. The number of aliphatic hydroxyl groups excluding tert-OH is 2. The summed E-state index contributed by atoms with van der Waals surface area (Å²) < 4.78 is 34.6. The lowest BCUT2D eigenvalue weighted by Crippen LogP contribution is -2.62. The van der Waals surface area contributed by atoms with Crippen molar-refractivity contribution in [1.29, 1.82) is 0 Å². The van der Waals surface area contributed by atoms with E-state index in [2.05, 4.69) is 24.3 Å². The molecule has 6 rings (SSSR count). The number of aliphatic hydroxyl groups is 2. The molecule has 0 aromatic heterocycles. The zero-order chi connectivity index (χ0) is 34.1. The van der Waals surface area contributed by atoms with Crippen LogP contribution in [0.25, 0.3) is 0 Å². The normalized spacial score (nSPS) is 26.9. The van der Waals surface area contributed by atoms with Crippen LogP contribution in [0.5, 0.6) is 28.7 Å². The predicted octanol–water partition coefficient (Wildman–Crippen LogP) is 0.833. The molecule has 4 heterocycles. The second-order valence-electron chi connectivity index (χ2n) is 12.0. The number of aliphatic carboxylic acids is 1. The van der Waals surface area contributed by atoms with Crippen molar-refractivity contribution >= 4 is 17.9 Å². The molecule has 48 heavy (non-hydrogen) atoms. The summed E-state index contributed by atoms with van der Waals surface area (Å²) in [5.41, 5.74) is 10.6. The van der Waals surface area contributed by atoms with Crippen molar-refractivity contribution in [3.05, 3.63) is 41.0 Å². The first-order chi connectivity index (χ1) is 23.0. The molecule has 0 aliphatic carbocycles. The number of rotatable bonds is 11. The third kappa shape index (κ3) is 6.72. The summed E-state index contributed by atoms with van der Waals surface area (Å²) in [6, 6.07) is 6.93. The highest BCUT2D eigenvalue weighted by Gasteiger charge is 2.49. The largest absolute Gasteiger partial charge is 0.492 e. The van der Waals surface area contributed by atoms with Gasteiger partial charge in [-0.25, -0.2) is 5.48 Å². The monoisotopic (exact) mass is 675 g/mol. The fourth-order valence-corrected chi connectivity index (χ4v) is 5.98. The minimum atomic E-state index is -1.77. The van der Waals surface area contributed by atoms with Gasteiger partial charge in [0.1, 0.15) is 48.9 Å². The molecule has 7 unspecified atom stereocenters. The van der Waals surface area contributed by atoms with Crippen LogP contribution in [0, 0.1) is 5.92 Å². The summed E-state index contributed by atoms with van der Waals surface area (Å²) in [4.78, 5) is 42.9. The number of fused-ring (bicyclic) bond motifs is 6. The van der Waals surface area contributed by atoms with Gasteiger partial charge in [0, 0.05) is 23.7 Å². The highest BCUT2D eigenvalue weighted by atomic mass is 17.2. The van der Waals surface area contributed by atoms with Gasteiger partial charge in [0.05, 0.1) is 12.5 Å². The molecular formula is C31H37N3O14. The summed E-state index contributed by atoms with van der Waals surface area (Å²) >= 11 is 0. The van der Waals surface area contributed by atoms with E-state index in [1.54, 1.807) is 18.2 Å². The first kappa shape index (κ1) is 33.4. The van der Waals surface area contributed by atoms with Crippen molar-refractivity contribution < 1.29 is 67.9 Å². The van der Waals surface area contributed by atoms with Crippen molar-refractivity contribution in [1.82, 2.24) is 5.48 Å². The van der Waals surface area contributed by atoms with Gasteiger partial charge >= 0.3 is 11.9 Å². The number of hydrogen-bond donors (Lipinski definition) is 5. The van der Waals surface area contributed by atoms with Gasteiger partial charge in [0.15, 0.2) is 29.6 Å². The maximum absolute atomic E-state index is 11.7. The average Bonchev–Trinajstić information content (AvgIpc) is 3.68. The molecule has 0 amide bonds. The SMILES string of the molecule is CN=C(N)NOC1C(O)C(COC(=O)CC(=O)O)OC(O)C1OOc1ccc2c(c1)C1Oc3c(cc4c(c3CC(C)C)OCO4)C1CO2. The van der Waals surface area contributed by atoms with E-state index < -0.39 is 61.8 Å². The zero-order valence-electron chi connectivity index (χ0n) is 26.3. The molecule has 1 fully saturated rings. The number of carboxylic acid groups (broad SMARTS) is 1. The molecule has 4 aliphatic heterocycles. The van der Waals surface area contributed by atoms with Gasteiger partial charge in [0.25, 0.3) is 0 Å². The van der Waals surface area contributed by atoms with Crippen LogP contribution in [0.1, 0.15) is 49.0 Å². The standard InChI is InChI=1S/C31H37N3O14/c1-13(2)6-17-25-15(8-20-27(17)43-12-42-20)18-10-40-19-5-4-14(7-16(19)26(18)45-25)47-48-29-28(46-34-31(32)33-3)24(38)21(44-30(29)39)11-41-23(37)9-22(35)36/h4-5,7-8,13,18,21,24,26,28-30,38-39H,6,9-12H2,1-3H3,(H,35,36)(H3,32,33,34). The molecule has 260 valence electrons. The van der Waals surface area contributed by atoms with Gasteiger partial charge in [-0.1, -0.05) is 13.8 Å². The molecular weight excluding hydrogens is 638 g/mol. The fraction of sp³-hybridized carbons (Fsp3) is 0.516. The summed E-state index contributed by atoms with van der Waals surface area (Å²) in [6.07, 6.45) is -8.16. The van der Waals surface area contributed by atoms with E-state index in [-0.39, 0.29) is 24.4 Å². The molecule has 6 N–H and O–H groups in total. The summed E-state index contributed by atoms with van der Waals surface area (Å²) in [5.74, 6) is 0.517. The van der Waals surface area contributed by atoms with Crippen LogP contribution < -0.4 is 35.0 Å². The van der Waals surface area contributed by atoms with Gasteiger partial charge in [-0.3, -0.25) is 19.4 Å². The Morgan fingerprint density at radius 2 is 1.90 bits per heavy atom. The summed E-state index contributed by atoms with van der Waals surface area (Å²) in [5, 5.41) is 30.6. The van der Waals surface area contributed by atoms with E-state index in [4.69, 9.17) is 53.9 Å². The second-order valence-corrected chi connectivity index (χ2v) is 12.0. The van der Waals surface area contributed by atoms with E-state index >= 15 is 0 Å². The number of guanidine groups is 1. The van der Waals surface area contributed by atoms with Gasteiger partial charge in [-0.05, 0) is 36.6 Å². The highest BCUT2D eigenvalue weighted by Crippen LogP contribution is 2.57. The third-order valence-corrected chi connectivity index (χ3v) is 8.20. The molecule has 1 saturated heterocycles. The number of esters is 1. The number of carbonyl (C=O) groups is 2. The van der Waals surface area contributed by atoms with Gasteiger partial charge < -0.3 is 54.4 Å². The summed E-state index contributed by atoms with van der Waals surface area (Å²) in [7, 11) is 1.39. The Hall–Kier alpha value is -4.55. The number of nitrogens with one attached hydrogen (secondary N) is 1. The lowest BCUT2D eigenvalue weighted by molar-refractivity contribution is -0.372. The fourth-order valence-electron chi connectivity index (χ4n) is 5.98. The van der Waals surface area contributed by atoms with E-state index in [9.17, 15) is 19.8 Å². The second kappa shape index (κ2) is 13.9. The van der Waals surface area contributed by atoms with Crippen LogP contribution in [0.4, 0.5) is 0 Å². The molecule has 0 radical (unpaired) electrons. The van der Waals surface area contributed by atoms with E-state index in [1.165, 1.54) is 7.05 Å². The van der Waals surface area contributed by atoms with Crippen molar-refractivity contribution in [2.24, 2.45) is 16.6 Å². The molecule has 2 aromatic carbocycles. The Morgan fingerprint density at radius 3 is 2.65 bits per heavy atom. The number of carboxylic acids is 1. The van der Waals surface area contributed by atoms with Crippen molar-refractivity contribution in [2.75, 3.05) is 27.1 Å². The Balaban J connectivity index is 1.18. The Kier molecular flexibility index (Phi) is 9.66. The highest BCUT2D eigenvalue weighted by molar-refractivity contribution is 5.90. The average molecular weight is 676 g/mol. The molecule has 4 aliphatic rings. The molecule has 0 spiro atoms. The number of carbonyl (C=O) groups excluding carboxylic acids is 1. The predicted molar refractivity (Wildman–Crippen MR) is 160 cm³/mol. The van der Waals surface area contributed by atoms with Gasteiger partial charge in [-0.2, -0.15) is 4.89 Å². The topological polar surface area (TPSA) is 228 Å². The summed E-state index contributed by atoms with van der Waals surface area (Å²) in [6.45, 7) is 4.18. The quantitative estimate of drug-likeness (QED) is 0.0555. The number of ether oxygens (including phenoxy) is 6. The molecule has 2 aromatic rings. The molecule has 7 atom stereocenters. The molecule has 17 heteroatoms. The van der Waals surface area contributed by atoms with Crippen LogP contribution >= 0.6 is 0 Å². The van der Waals surface area contributed by atoms with Crippen molar-refractivity contribution in [3.63, 3.8) is 0 Å². The van der Waals surface area contributed by atoms with Crippen LogP contribution in [0.15, 0.2) is 29.3 Å². The number of nitrogens with two attached hydrogens (primary N) is 1. The first-order valence-electron chi connectivity index (χ1n) is 15.3. The van der Waals surface area contributed by atoms with Crippen LogP contribution in [0.2, 0.25) is 0 Å². The van der Waals surface area contributed by atoms with Crippen molar-refractivity contribution in [2.45, 2.75) is 69.4 Å². The lowest BCUT2D eigenvalue weighted by Gasteiger charge is -2.40. The Bertz CT molecular complexity index is 1570. The number of hydrogen-bond acceptors (Lipinski definition) is 14. The van der Waals surface area contributed by atoms with Gasteiger partial charge in [0.2, 0.25) is 12.8 Å². The Labute approximate surface area is 274 Å². The minimum Gasteiger partial charge on any atom is -0.492 e. The van der Waals surface area contributed by atoms with Crippen LogP contribution in [-0.2, 0) is 35.2 Å². The number of aliphatic imine (C=N–C) groups is 1. The lowest BCUT2D eigenvalue weighted by atomic mass is 9.87.